The highest BCUT2D eigenvalue weighted by atomic mass is 35.5. The van der Waals surface area contributed by atoms with Gasteiger partial charge in [-0.15, -0.1) is 0 Å². The van der Waals surface area contributed by atoms with E-state index in [9.17, 15) is 18.8 Å². The van der Waals surface area contributed by atoms with E-state index >= 15 is 0 Å². The lowest BCUT2D eigenvalue weighted by Gasteiger charge is -2.28. The molecule has 1 amide bonds. The number of H-pyrrole nitrogens is 1. The van der Waals surface area contributed by atoms with Crippen molar-refractivity contribution in [1.29, 1.82) is 0 Å². The molecule has 6 nitrogen and oxygen atoms in total. The molecule has 3 rings (SSSR count). The maximum atomic E-state index is 13.3. The first-order valence-corrected chi connectivity index (χ1v) is 9.05. The Morgan fingerprint density at radius 3 is 2.64 bits per heavy atom. The maximum absolute atomic E-state index is 13.3. The molecule has 0 fully saturated rings. The minimum absolute atomic E-state index is 0.0121. The van der Waals surface area contributed by atoms with Gasteiger partial charge in [0.2, 0.25) is 5.91 Å². The predicted octanol–water partition coefficient (Wildman–Crippen LogP) is 2.92. The Morgan fingerprint density at radius 1 is 1.21 bits per heavy atom. The van der Waals surface area contributed by atoms with E-state index in [1.165, 1.54) is 22.8 Å². The fourth-order valence-corrected chi connectivity index (χ4v) is 3.56. The van der Waals surface area contributed by atoms with Crippen LogP contribution in [0.15, 0.2) is 52.1 Å². The van der Waals surface area contributed by atoms with Gasteiger partial charge < -0.3 is 5.32 Å². The van der Waals surface area contributed by atoms with Gasteiger partial charge in [0.15, 0.2) is 0 Å². The van der Waals surface area contributed by atoms with Crippen LogP contribution in [-0.4, -0.2) is 15.5 Å². The first kappa shape index (κ1) is 19.8. The van der Waals surface area contributed by atoms with Crippen LogP contribution in [0.1, 0.15) is 25.8 Å². The second kappa shape index (κ2) is 7.59. The molecule has 3 aromatic rings. The molecule has 2 N–H and O–H groups in total. The molecule has 28 heavy (non-hydrogen) atoms. The number of rotatable bonds is 5. The number of fused-ring (bicyclic) bond motifs is 1. The van der Waals surface area contributed by atoms with Crippen LogP contribution in [0.5, 0.6) is 0 Å². The van der Waals surface area contributed by atoms with E-state index in [0.717, 1.165) is 0 Å². The number of carbonyl (C=O) groups is 1. The summed E-state index contributed by atoms with van der Waals surface area (Å²) >= 11 is 6.10. The number of para-hydroxylation sites is 1. The molecule has 0 aliphatic rings. The second-order valence-corrected chi connectivity index (χ2v) is 7.38. The summed E-state index contributed by atoms with van der Waals surface area (Å²) < 4.78 is 14.6. The quantitative estimate of drug-likeness (QED) is 0.687. The zero-order valence-corrected chi connectivity index (χ0v) is 16.1. The van der Waals surface area contributed by atoms with Crippen LogP contribution in [-0.2, 0) is 16.9 Å². The van der Waals surface area contributed by atoms with E-state index < -0.39 is 22.6 Å². The van der Waals surface area contributed by atoms with Crippen molar-refractivity contribution in [2.45, 2.75) is 32.4 Å². The Kier molecular flexibility index (Phi) is 5.38. The highest BCUT2D eigenvalue weighted by Crippen LogP contribution is 2.28. The number of benzene rings is 2. The summed E-state index contributed by atoms with van der Waals surface area (Å²) in [5, 5.41) is 3.44. The highest BCUT2D eigenvalue weighted by molar-refractivity contribution is 6.31. The lowest BCUT2D eigenvalue weighted by molar-refractivity contribution is -0.123. The van der Waals surface area contributed by atoms with Crippen LogP contribution in [0.4, 0.5) is 4.39 Å². The van der Waals surface area contributed by atoms with Gasteiger partial charge in [-0.05, 0) is 43.7 Å². The van der Waals surface area contributed by atoms with E-state index in [4.69, 9.17) is 11.6 Å². The van der Waals surface area contributed by atoms with E-state index in [-0.39, 0.29) is 23.9 Å². The van der Waals surface area contributed by atoms with Crippen molar-refractivity contribution in [2.75, 3.05) is 0 Å². The van der Waals surface area contributed by atoms with Crippen molar-refractivity contribution in [3.8, 4) is 0 Å². The number of aryl methyl sites for hydroxylation is 1. The Balaban J connectivity index is 1.79. The minimum atomic E-state index is -0.833. The average Bonchev–Trinajstić information content (AvgIpc) is 2.60. The Hall–Kier alpha value is -2.93. The van der Waals surface area contributed by atoms with Crippen molar-refractivity contribution < 1.29 is 9.18 Å². The number of nitrogens with one attached hydrogen (secondary N) is 2. The van der Waals surface area contributed by atoms with Gasteiger partial charge >= 0.3 is 5.69 Å². The number of halogens is 2. The van der Waals surface area contributed by atoms with Gasteiger partial charge in [0, 0.05) is 18.0 Å². The Bertz CT molecular complexity index is 1170. The first-order valence-electron chi connectivity index (χ1n) is 8.67. The molecule has 8 heteroatoms. The van der Waals surface area contributed by atoms with Crippen molar-refractivity contribution in [1.82, 2.24) is 14.9 Å². The summed E-state index contributed by atoms with van der Waals surface area (Å²) in [6, 6.07) is 10.7. The Labute approximate surface area is 165 Å². The second-order valence-electron chi connectivity index (χ2n) is 6.98. The molecule has 1 heterocycles. The lowest BCUT2D eigenvalue weighted by atomic mass is 9.94. The van der Waals surface area contributed by atoms with Gasteiger partial charge in [0.25, 0.3) is 5.56 Å². The molecule has 0 aliphatic heterocycles. The molecule has 0 aliphatic carbocycles. The third-order valence-corrected chi connectivity index (χ3v) is 4.84. The molecule has 0 saturated heterocycles. The van der Waals surface area contributed by atoms with Crippen LogP contribution in [0, 0.1) is 5.82 Å². The largest absolute Gasteiger partial charge is 0.347 e. The van der Waals surface area contributed by atoms with E-state index in [2.05, 4.69) is 10.3 Å². The van der Waals surface area contributed by atoms with Crippen LogP contribution in [0.25, 0.3) is 10.9 Å². The van der Waals surface area contributed by atoms with Gasteiger partial charge in [-0.2, -0.15) is 0 Å². The summed E-state index contributed by atoms with van der Waals surface area (Å²) in [6.07, 6.45) is 0.0121. The summed E-state index contributed by atoms with van der Waals surface area (Å²) in [5.41, 5.74) is -0.828. The molecule has 0 unspecified atom stereocenters. The van der Waals surface area contributed by atoms with E-state index in [1.54, 1.807) is 38.1 Å². The SMILES string of the molecule is CC(C)(NC(=O)CCn1c(=O)[nH]c(=O)c2ccccc21)c1ccc(F)cc1Cl. The van der Waals surface area contributed by atoms with E-state index in [0.29, 0.717) is 16.5 Å². The summed E-state index contributed by atoms with van der Waals surface area (Å²) in [7, 11) is 0. The number of amides is 1. The van der Waals surface area contributed by atoms with Gasteiger partial charge in [0.1, 0.15) is 5.82 Å². The van der Waals surface area contributed by atoms with E-state index in [1.807, 2.05) is 0 Å². The number of carbonyl (C=O) groups excluding carboxylic acids is 1. The zero-order valence-electron chi connectivity index (χ0n) is 15.4. The zero-order chi connectivity index (χ0) is 20.5. The molecule has 0 atom stereocenters. The lowest BCUT2D eigenvalue weighted by Crippen LogP contribution is -2.42. The smallest absolute Gasteiger partial charge is 0.328 e. The number of nitrogens with zero attached hydrogens (tertiary/aromatic N) is 1. The molecule has 2 aromatic carbocycles. The number of hydrogen-bond donors (Lipinski definition) is 2. The molecule has 146 valence electrons. The third-order valence-electron chi connectivity index (χ3n) is 4.52. The number of aromatic nitrogens is 2. The van der Waals surface area contributed by atoms with Gasteiger partial charge in [-0.25, -0.2) is 9.18 Å². The van der Waals surface area contributed by atoms with Crippen LogP contribution in [0.3, 0.4) is 0 Å². The summed E-state index contributed by atoms with van der Waals surface area (Å²) in [6.45, 7) is 3.60. The molecular weight excluding hydrogens is 385 g/mol. The summed E-state index contributed by atoms with van der Waals surface area (Å²) in [4.78, 5) is 38.8. The first-order chi connectivity index (χ1) is 13.2. The third kappa shape index (κ3) is 3.99. The average molecular weight is 404 g/mol. The molecule has 0 spiro atoms. The summed E-state index contributed by atoms with van der Waals surface area (Å²) in [5.74, 6) is -0.771. The monoisotopic (exact) mass is 403 g/mol. The normalized spacial score (nSPS) is 11.6. The van der Waals surface area contributed by atoms with Crippen molar-refractivity contribution in [3.05, 3.63) is 79.7 Å². The fraction of sp³-hybridized carbons (Fsp3) is 0.250. The molecule has 0 bridgehead atoms. The van der Waals surface area contributed by atoms with Crippen LogP contribution in [0.2, 0.25) is 5.02 Å². The van der Waals surface area contributed by atoms with Gasteiger partial charge in [-0.1, -0.05) is 29.8 Å². The van der Waals surface area contributed by atoms with Crippen molar-refractivity contribution in [2.24, 2.45) is 0 Å². The van der Waals surface area contributed by atoms with Crippen LogP contribution >= 0.6 is 11.6 Å². The number of hydrogen-bond acceptors (Lipinski definition) is 3. The Morgan fingerprint density at radius 2 is 1.93 bits per heavy atom. The topological polar surface area (TPSA) is 84.0 Å². The predicted molar refractivity (Wildman–Crippen MR) is 106 cm³/mol. The van der Waals surface area contributed by atoms with Gasteiger partial charge in [0.05, 0.1) is 16.4 Å². The molecule has 0 radical (unpaired) electrons. The fourth-order valence-electron chi connectivity index (χ4n) is 3.15. The van der Waals surface area contributed by atoms with Crippen LogP contribution < -0.4 is 16.6 Å². The highest BCUT2D eigenvalue weighted by Gasteiger charge is 2.25. The molecule has 0 saturated carbocycles. The van der Waals surface area contributed by atoms with Crippen molar-refractivity contribution in [3.63, 3.8) is 0 Å². The minimum Gasteiger partial charge on any atom is -0.347 e. The molecular formula is C20H19ClFN3O3. The maximum Gasteiger partial charge on any atom is 0.328 e. The van der Waals surface area contributed by atoms with Gasteiger partial charge in [-0.3, -0.25) is 19.1 Å². The number of aromatic amines is 1. The standard InChI is InChI=1S/C20H19ClFN3O3/c1-20(2,14-8-7-12(22)11-15(14)21)24-17(26)9-10-25-16-6-4-3-5-13(16)18(27)23-19(25)28/h3-8,11H,9-10H2,1-2H3,(H,24,26)(H,23,27,28). The van der Waals surface area contributed by atoms with Crippen molar-refractivity contribution >= 4 is 28.4 Å². The molecule has 1 aromatic heterocycles.